The van der Waals surface area contributed by atoms with Crippen LogP contribution in [0, 0.1) is 25.7 Å². The summed E-state index contributed by atoms with van der Waals surface area (Å²) in [5.41, 5.74) is 7.83. The number of carbonyl (C=O) groups is 4. The van der Waals surface area contributed by atoms with E-state index in [4.69, 9.17) is 15.2 Å². The average Bonchev–Trinajstić information content (AvgIpc) is 3.55. The summed E-state index contributed by atoms with van der Waals surface area (Å²) in [5, 5.41) is 6.29. The van der Waals surface area contributed by atoms with Crippen molar-refractivity contribution in [3.05, 3.63) is 52.6 Å². The molecular weight excluding hydrogens is 464 g/mol. The second kappa shape index (κ2) is 7.79. The second-order valence-electron chi connectivity index (χ2n) is 9.98. The molecule has 0 bridgehead atoms. The molecule has 4 aliphatic heterocycles. The Balaban J connectivity index is 1.42. The number of carbonyl (C=O) groups excluding carboxylic acids is 4. The smallest absolute Gasteiger partial charge is 0.250 e. The zero-order chi connectivity index (χ0) is 25.4. The molecule has 4 heterocycles. The Hall–Kier alpha value is -3.92. The van der Waals surface area contributed by atoms with Crippen molar-refractivity contribution in [1.82, 2.24) is 10.2 Å². The van der Waals surface area contributed by atoms with E-state index in [-0.39, 0.29) is 38.0 Å². The molecule has 1 spiro atoms. The maximum atomic E-state index is 13.9. The van der Waals surface area contributed by atoms with Gasteiger partial charge >= 0.3 is 0 Å². The first-order valence-corrected chi connectivity index (χ1v) is 11.9. The van der Waals surface area contributed by atoms with Crippen molar-refractivity contribution in [2.75, 3.05) is 12.1 Å². The molecule has 4 aliphatic rings. The fourth-order valence-electron chi connectivity index (χ4n) is 6.24. The maximum absolute atomic E-state index is 13.9. The normalized spacial score (nSPS) is 27.6. The summed E-state index contributed by atoms with van der Waals surface area (Å²) in [7, 11) is 0. The number of likely N-dealkylation sites (tertiary alicyclic amines) is 1. The summed E-state index contributed by atoms with van der Waals surface area (Å²) in [5.74, 6) is -2.25. The van der Waals surface area contributed by atoms with Gasteiger partial charge < -0.3 is 20.5 Å². The highest BCUT2D eigenvalue weighted by atomic mass is 16.7. The quantitative estimate of drug-likeness (QED) is 0.536. The summed E-state index contributed by atoms with van der Waals surface area (Å²) >= 11 is 0. The molecule has 186 valence electrons. The molecule has 6 rings (SSSR count). The summed E-state index contributed by atoms with van der Waals surface area (Å²) in [6.45, 7) is 3.99. The summed E-state index contributed by atoms with van der Waals surface area (Å²) in [4.78, 5) is 54.1. The zero-order valence-electron chi connectivity index (χ0n) is 19.9. The molecule has 2 fully saturated rings. The van der Waals surface area contributed by atoms with Crippen molar-refractivity contribution in [2.24, 2.45) is 17.6 Å². The third kappa shape index (κ3) is 3.07. The minimum Gasteiger partial charge on any atom is -0.454 e. The molecule has 0 unspecified atom stereocenters. The lowest BCUT2D eigenvalue weighted by molar-refractivity contribution is -0.143. The van der Waals surface area contributed by atoms with Crippen LogP contribution in [0.3, 0.4) is 0 Å². The van der Waals surface area contributed by atoms with Crippen LogP contribution in [0.15, 0.2) is 30.3 Å². The van der Waals surface area contributed by atoms with E-state index in [9.17, 15) is 19.2 Å². The largest absolute Gasteiger partial charge is 0.454 e. The molecule has 4 atom stereocenters. The van der Waals surface area contributed by atoms with Gasteiger partial charge in [0.1, 0.15) is 5.54 Å². The van der Waals surface area contributed by atoms with Gasteiger partial charge in [-0.05, 0) is 43.5 Å². The molecule has 10 heteroatoms. The SMILES string of the molecule is Cc1cc(C)c2c(c1)[C@@]1(N[C@H](CCC(N)=O)[C@H]3C(=O)N(Cc4ccc5c(c4)OCO5)C(=O)[C@@H]31)C(=O)N2. The minimum absolute atomic E-state index is 0.0297. The van der Waals surface area contributed by atoms with Crippen LogP contribution >= 0.6 is 0 Å². The lowest BCUT2D eigenvalue weighted by atomic mass is 9.75. The Morgan fingerprint density at radius 2 is 1.89 bits per heavy atom. The van der Waals surface area contributed by atoms with Crippen LogP contribution in [-0.2, 0) is 31.3 Å². The predicted octanol–water partition coefficient (Wildman–Crippen LogP) is 1.22. The van der Waals surface area contributed by atoms with Gasteiger partial charge in [-0.15, -0.1) is 0 Å². The molecule has 2 saturated heterocycles. The lowest BCUT2D eigenvalue weighted by Crippen LogP contribution is -2.53. The van der Waals surface area contributed by atoms with Gasteiger partial charge in [0.05, 0.1) is 18.4 Å². The van der Waals surface area contributed by atoms with Crippen LogP contribution in [0.2, 0.25) is 0 Å². The highest BCUT2D eigenvalue weighted by Crippen LogP contribution is 2.54. The number of amides is 4. The van der Waals surface area contributed by atoms with E-state index in [0.29, 0.717) is 28.3 Å². The number of ether oxygens (including phenoxy) is 2. The molecule has 10 nitrogen and oxygen atoms in total. The van der Waals surface area contributed by atoms with Crippen LogP contribution in [0.5, 0.6) is 11.5 Å². The topological polar surface area (TPSA) is 140 Å². The molecule has 2 aromatic carbocycles. The molecule has 4 amide bonds. The number of nitrogens with two attached hydrogens (primary N) is 1. The summed E-state index contributed by atoms with van der Waals surface area (Å²) < 4.78 is 10.8. The molecule has 0 radical (unpaired) electrons. The zero-order valence-corrected chi connectivity index (χ0v) is 19.9. The molecule has 0 aromatic heterocycles. The third-order valence-electron chi connectivity index (χ3n) is 7.74. The van der Waals surface area contributed by atoms with Gasteiger partial charge in [0.15, 0.2) is 11.5 Å². The van der Waals surface area contributed by atoms with Gasteiger partial charge in [-0.25, -0.2) is 0 Å². The Bertz CT molecular complexity index is 1360. The Morgan fingerprint density at radius 3 is 2.67 bits per heavy atom. The summed E-state index contributed by atoms with van der Waals surface area (Å²) in [6, 6.07) is 8.56. The van der Waals surface area contributed by atoms with E-state index < -0.39 is 35.2 Å². The van der Waals surface area contributed by atoms with Crippen LogP contribution in [0.1, 0.15) is 35.1 Å². The Morgan fingerprint density at radius 1 is 1.11 bits per heavy atom. The van der Waals surface area contributed by atoms with E-state index in [1.54, 1.807) is 18.2 Å². The van der Waals surface area contributed by atoms with E-state index in [1.165, 1.54) is 4.90 Å². The van der Waals surface area contributed by atoms with Gasteiger partial charge in [-0.2, -0.15) is 0 Å². The lowest BCUT2D eigenvalue weighted by Gasteiger charge is -2.30. The number of fused-ring (bicyclic) bond motifs is 5. The predicted molar refractivity (Wildman–Crippen MR) is 127 cm³/mol. The van der Waals surface area contributed by atoms with E-state index in [2.05, 4.69) is 10.6 Å². The van der Waals surface area contributed by atoms with Gasteiger partial charge in [0, 0.05) is 23.7 Å². The number of anilines is 1. The number of rotatable bonds is 5. The second-order valence-corrected chi connectivity index (χ2v) is 9.98. The first-order valence-electron chi connectivity index (χ1n) is 11.9. The molecule has 0 saturated carbocycles. The Kier molecular flexibility index (Phi) is 4.88. The first-order chi connectivity index (χ1) is 17.2. The maximum Gasteiger partial charge on any atom is 0.250 e. The average molecular weight is 491 g/mol. The van der Waals surface area contributed by atoms with Crippen LogP contribution in [-0.4, -0.2) is 41.4 Å². The van der Waals surface area contributed by atoms with Crippen LogP contribution < -0.4 is 25.8 Å². The van der Waals surface area contributed by atoms with Gasteiger partial charge in [0.2, 0.25) is 30.4 Å². The highest BCUT2D eigenvalue weighted by molar-refractivity contribution is 6.15. The van der Waals surface area contributed by atoms with Crippen molar-refractivity contribution in [3.8, 4) is 11.5 Å². The highest BCUT2D eigenvalue weighted by Gasteiger charge is 2.70. The fraction of sp³-hybridized carbons (Fsp3) is 0.385. The number of nitrogens with one attached hydrogen (secondary N) is 2. The first kappa shape index (κ1) is 22.5. The molecular formula is C26H26N4O6. The van der Waals surface area contributed by atoms with Gasteiger partial charge in [0.25, 0.3) is 0 Å². The van der Waals surface area contributed by atoms with Crippen LogP contribution in [0.25, 0.3) is 0 Å². The molecule has 0 aliphatic carbocycles. The molecule has 2 aromatic rings. The van der Waals surface area contributed by atoms with E-state index in [1.807, 2.05) is 26.0 Å². The van der Waals surface area contributed by atoms with Crippen molar-refractivity contribution in [2.45, 2.75) is 44.8 Å². The molecule has 4 N–H and O–H groups in total. The number of hydrogen-bond acceptors (Lipinski definition) is 7. The number of aryl methyl sites for hydroxylation is 2. The van der Waals surface area contributed by atoms with Crippen molar-refractivity contribution >= 4 is 29.3 Å². The van der Waals surface area contributed by atoms with Crippen molar-refractivity contribution < 1.29 is 28.7 Å². The number of nitrogens with zero attached hydrogens (tertiary/aromatic N) is 1. The number of imide groups is 1. The van der Waals surface area contributed by atoms with E-state index in [0.717, 1.165) is 11.1 Å². The number of primary amides is 1. The Labute approximate surface area is 207 Å². The van der Waals surface area contributed by atoms with Crippen molar-refractivity contribution in [3.63, 3.8) is 0 Å². The van der Waals surface area contributed by atoms with E-state index >= 15 is 0 Å². The molecule has 36 heavy (non-hydrogen) atoms. The minimum atomic E-state index is -1.41. The van der Waals surface area contributed by atoms with Gasteiger partial charge in [-0.3, -0.25) is 29.4 Å². The monoisotopic (exact) mass is 490 g/mol. The fourth-order valence-corrected chi connectivity index (χ4v) is 6.24. The van der Waals surface area contributed by atoms with Gasteiger partial charge in [-0.1, -0.05) is 23.8 Å². The number of benzene rings is 2. The number of hydrogen-bond donors (Lipinski definition) is 3. The van der Waals surface area contributed by atoms with Crippen molar-refractivity contribution in [1.29, 1.82) is 0 Å². The van der Waals surface area contributed by atoms with Crippen LogP contribution in [0.4, 0.5) is 5.69 Å². The third-order valence-corrected chi connectivity index (χ3v) is 7.74. The summed E-state index contributed by atoms with van der Waals surface area (Å²) in [6.07, 6.45) is 0.268. The standard InChI is InChI=1S/C26H26N4O6/c1-12-7-13(2)22-15(8-12)26(25(34)28-22)21-20(16(29-26)4-6-19(27)31)23(32)30(24(21)33)10-14-3-5-17-18(9-14)36-11-35-17/h3,5,7-9,16,20-21,29H,4,6,10-11H2,1-2H3,(H2,27,31)(H,28,34)/t16-,20-,21-,26+/m1/s1.